The summed E-state index contributed by atoms with van der Waals surface area (Å²) < 4.78 is 2.95. The normalized spacial score (nSPS) is 25.4. The zero-order chi connectivity index (χ0) is 16.7. The number of piperidine rings is 2. The summed E-state index contributed by atoms with van der Waals surface area (Å²) >= 11 is 0. The van der Waals surface area contributed by atoms with Gasteiger partial charge in [-0.2, -0.15) is 0 Å². The number of nitrogens with one attached hydrogen (secondary N) is 1. The Balaban J connectivity index is 0.00000182. The molecule has 2 bridgehead atoms. The van der Waals surface area contributed by atoms with Crippen LogP contribution < -0.4 is 11.0 Å². The van der Waals surface area contributed by atoms with Crippen molar-refractivity contribution in [2.75, 3.05) is 19.6 Å². The molecule has 25 heavy (non-hydrogen) atoms. The third-order valence-corrected chi connectivity index (χ3v) is 5.53. The van der Waals surface area contributed by atoms with Crippen LogP contribution in [0.15, 0.2) is 29.1 Å². The monoisotopic (exact) mass is 344 g/mol. The van der Waals surface area contributed by atoms with E-state index >= 15 is 0 Å². The summed E-state index contributed by atoms with van der Waals surface area (Å²) in [6, 6.07) is 7.38. The van der Waals surface area contributed by atoms with E-state index in [0.717, 1.165) is 31.4 Å². The van der Waals surface area contributed by atoms with Crippen molar-refractivity contribution < 1.29 is 4.79 Å². The number of rotatable bonds is 2. The van der Waals surface area contributed by atoms with Gasteiger partial charge in [0, 0.05) is 25.7 Å². The Hall–Kier alpha value is -2.08. The van der Waals surface area contributed by atoms with Crippen molar-refractivity contribution in [3.63, 3.8) is 0 Å². The van der Waals surface area contributed by atoms with Gasteiger partial charge in [0.2, 0.25) is 0 Å². The predicted molar refractivity (Wildman–Crippen MR) is 100 cm³/mol. The molecule has 1 aromatic carbocycles. The Morgan fingerprint density at radius 1 is 1.20 bits per heavy atom. The van der Waals surface area contributed by atoms with Gasteiger partial charge in [0.15, 0.2) is 0 Å². The van der Waals surface area contributed by atoms with Crippen LogP contribution in [0.25, 0.3) is 11.0 Å². The van der Waals surface area contributed by atoms with Crippen molar-refractivity contribution >= 4 is 17.1 Å². The second-order valence-electron chi connectivity index (χ2n) is 6.90. The molecule has 3 unspecified atom stereocenters. The maximum Gasteiger partial charge on any atom is 0.337 e. The number of nitrogens with zero attached hydrogens (tertiary/aromatic N) is 3. The van der Waals surface area contributed by atoms with E-state index in [2.05, 4.69) is 10.2 Å². The minimum atomic E-state index is -0.285. The molecule has 136 valence electrons. The van der Waals surface area contributed by atoms with Crippen LogP contribution in [0.2, 0.25) is 0 Å². The smallest absolute Gasteiger partial charge is 0.334 e. The van der Waals surface area contributed by atoms with Gasteiger partial charge in [-0.05, 0) is 50.8 Å². The summed E-state index contributed by atoms with van der Waals surface area (Å²) in [5.74, 6) is 0.506. The number of imidazole rings is 1. The molecular weight excluding hydrogens is 316 g/mol. The number of hydrogen-bond acceptors (Lipinski definition) is 3. The molecule has 2 aliphatic rings. The first-order valence-corrected chi connectivity index (χ1v) is 8.92. The molecule has 0 saturated carbocycles. The lowest BCUT2D eigenvalue weighted by atomic mass is 9.85. The summed E-state index contributed by atoms with van der Waals surface area (Å²) in [4.78, 5) is 28.0. The SMILES string of the molecule is C.CCn1c(=O)n(C(=O)NC2CCN3CCCC2C3)c2ccccc21. The van der Waals surface area contributed by atoms with E-state index in [1.54, 1.807) is 4.57 Å². The van der Waals surface area contributed by atoms with E-state index in [0.29, 0.717) is 18.0 Å². The van der Waals surface area contributed by atoms with E-state index in [-0.39, 0.29) is 25.2 Å². The molecule has 0 aliphatic carbocycles. The van der Waals surface area contributed by atoms with Gasteiger partial charge in [0.25, 0.3) is 0 Å². The molecule has 6 heteroatoms. The fourth-order valence-electron chi connectivity index (χ4n) is 4.30. The second-order valence-corrected chi connectivity index (χ2v) is 6.90. The Morgan fingerprint density at radius 2 is 1.96 bits per heavy atom. The van der Waals surface area contributed by atoms with Crippen LogP contribution in [-0.2, 0) is 6.54 Å². The molecule has 0 spiro atoms. The van der Waals surface area contributed by atoms with E-state index < -0.39 is 0 Å². The molecule has 2 aliphatic heterocycles. The van der Waals surface area contributed by atoms with Gasteiger partial charge >= 0.3 is 11.7 Å². The van der Waals surface area contributed by atoms with Crippen molar-refractivity contribution in [2.24, 2.45) is 5.92 Å². The Labute approximate surface area is 148 Å². The van der Waals surface area contributed by atoms with Crippen LogP contribution in [0.3, 0.4) is 0 Å². The maximum absolute atomic E-state index is 12.9. The van der Waals surface area contributed by atoms with Gasteiger partial charge in [-0.1, -0.05) is 19.6 Å². The Bertz CT molecular complexity index is 822. The average molecular weight is 344 g/mol. The van der Waals surface area contributed by atoms with Gasteiger partial charge in [-0.3, -0.25) is 4.57 Å². The second kappa shape index (κ2) is 7.04. The highest BCUT2D eigenvalue weighted by atomic mass is 16.2. The molecule has 3 heterocycles. The fourth-order valence-corrected chi connectivity index (χ4v) is 4.30. The molecule has 1 aromatic heterocycles. The molecule has 6 nitrogen and oxygen atoms in total. The molecule has 2 saturated heterocycles. The number of fused-ring (bicyclic) bond motifs is 3. The molecule has 1 N–H and O–H groups in total. The van der Waals surface area contributed by atoms with Gasteiger partial charge in [-0.25, -0.2) is 14.2 Å². The standard InChI is InChI=1S/C18H24N4O2.CH4/c1-2-21-15-7-3-4-8-16(15)22(18(21)24)17(23)19-14-9-11-20-10-5-6-13(14)12-20;/h3-4,7-8,13-14H,2,5-6,9-12H2,1H3,(H,19,23);1H4. The largest absolute Gasteiger partial charge is 0.337 e. The first kappa shape index (κ1) is 17.7. The minimum Gasteiger partial charge on any atom is -0.334 e. The number of carbonyl (C=O) groups excluding carboxylic acids is 1. The van der Waals surface area contributed by atoms with Crippen LogP contribution in [0, 0.1) is 5.92 Å². The molecule has 2 fully saturated rings. The summed E-state index contributed by atoms with van der Waals surface area (Å²) in [5, 5.41) is 3.15. The quantitative estimate of drug-likeness (QED) is 0.911. The Kier molecular flexibility index (Phi) is 4.99. The van der Waals surface area contributed by atoms with Gasteiger partial charge < -0.3 is 10.2 Å². The molecule has 3 atom stereocenters. The molecule has 1 amide bonds. The predicted octanol–water partition coefficient (Wildman–Crippen LogP) is 2.50. The van der Waals surface area contributed by atoms with Crippen LogP contribution >= 0.6 is 0 Å². The third-order valence-electron chi connectivity index (χ3n) is 5.53. The summed E-state index contributed by atoms with van der Waals surface area (Å²) in [6.07, 6.45) is 3.33. The molecule has 4 rings (SSSR count). The van der Waals surface area contributed by atoms with Crippen molar-refractivity contribution in [3.05, 3.63) is 34.7 Å². The maximum atomic E-state index is 12.9. The fraction of sp³-hybridized carbons (Fsp3) is 0.579. The molecule has 0 radical (unpaired) electrons. The summed E-state index contributed by atoms with van der Waals surface area (Å²) in [6.45, 7) is 5.76. The van der Waals surface area contributed by atoms with E-state index in [4.69, 9.17) is 0 Å². The van der Waals surface area contributed by atoms with Crippen molar-refractivity contribution in [1.29, 1.82) is 0 Å². The lowest BCUT2D eigenvalue weighted by Crippen LogP contribution is -2.54. The number of para-hydroxylation sites is 2. The number of amides is 1. The number of aromatic nitrogens is 2. The highest BCUT2D eigenvalue weighted by Crippen LogP contribution is 2.26. The van der Waals surface area contributed by atoms with Crippen LogP contribution in [0.4, 0.5) is 4.79 Å². The van der Waals surface area contributed by atoms with E-state index in [1.165, 1.54) is 17.5 Å². The van der Waals surface area contributed by atoms with Crippen molar-refractivity contribution in [2.45, 2.75) is 46.2 Å². The first-order chi connectivity index (χ1) is 11.7. The zero-order valence-corrected chi connectivity index (χ0v) is 14.1. The lowest BCUT2D eigenvalue weighted by molar-refractivity contribution is 0.0952. The summed E-state index contributed by atoms with van der Waals surface area (Å²) in [5.41, 5.74) is 1.24. The lowest BCUT2D eigenvalue weighted by Gasteiger charge is -2.42. The van der Waals surface area contributed by atoms with Gasteiger partial charge in [0.1, 0.15) is 0 Å². The van der Waals surface area contributed by atoms with Crippen LogP contribution in [0.5, 0.6) is 0 Å². The number of hydrogen-bond donors (Lipinski definition) is 1. The molecular formula is C19H28N4O2. The third kappa shape index (κ3) is 2.99. The Morgan fingerprint density at radius 3 is 2.72 bits per heavy atom. The number of carbonyl (C=O) groups is 1. The highest BCUT2D eigenvalue weighted by Gasteiger charge is 2.33. The number of benzene rings is 1. The summed E-state index contributed by atoms with van der Waals surface area (Å²) in [7, 11) is 0. The minimum absolute atomic E-state index is 0. The van der Waals surface area contributed by atoms with Crippen LogP contribution in [-0.4, -0.2) is 45.7 Å². The highest BCUT2D eigenvalue weighted by molar-refractivity contribution is 5.89. The van der Waals surface area contributed by atoms with Gasteiger partial charge in [0.05, 0.1) is 11.0 Å². The zero-order valence-electron chi connectivity index (χ0n) is 14.1. The van der Waals surface area contributed by atoms with Crippen LogP contribution in [0.1, 0.15) is 33.6 Å². The average Bonchev–Trinajstić information content (AvgIpc) is 2.89. The molecule has 2 aromatic rings. The van der Waals surface area contributed by atoms with E-state index in [1.807, 2.05) is 31.2 Å². The number of aryl methyl sites for hydroxylation is 1. The first-order valence-electron chi connectivity index (χ1n) is 8.92. The van der Waals surface area contributed by atoms with Crippen molar-refractivity contribution in [1.82, 2.24) is 19.4 Å². The topological polar surface area (TPSA) is 59.3 Å². The van der Waals surface area contributed by atoms with Gasteiger partial charge in [-0.15, -0.1) is 0 Å². The van der Waals surface area contributed by atoms with Crippen molar-refractivity contribution in [3.8, 4) is 0 Å². The van der Waals surface area contributed by atoms with E-state index in [9.17, 15) is 9.59 Å².